The number of benzene rings is 2. The van der Waals surface area contributed by atoms with Crippen LogP contribution in [0.1, 0.15) is 71.5 Å². The summed E-state index contributed by atoms with van der Waals surface area (Å²) in [5, 5.41) is 32.1. The third kappa shape index (κ3) is 6.34. The van der Waals surface area contributed by atoms with Gasteiger partial charge in [0.1, 0.15) is 17.2 Å². The maximum atomic E-state index is 13.1. The highest BCUT2D eigenvalue weighted by Crippen LogP contribution is 2.35. The number of aromatic nitrogens is 5. The average Bonchev–Trinajstić information content (AvgIpc) is 3.62. The zero-order chi connectivity index (χ0) is 32.3. The fourth-order valence-corrected chi connectivity index (χ4v) is 5.71. The lowest BCUT2D eigenvalue weighted by molar-refractivity contribution is 0.0242. The van der Waals surface area contributed by atoms with Crippen LogP contribution in [0, 0.1) is 20.8 Å². The van der Waals surface area contributed by atoms with Crippen molar-refractivity contribution in [3.63, 3.8) is 0 Å². The summed E-state index contributed by atoms with van der Waals surface area (Å²) in [7, 11) is 1.98. The lowest BCUT2D eigenvalue weighted by Crippen LogP contribution is -2.26. The first-order valence-corrected chi connectivity index (χ1v) is 15.5. The van der Waals surface area contributed by atoms with E-state index < -0.39 is 5.60 Å². The molecule has 0 atom stereocenters. The molecule has 10 heteroatoms. The first-order valence-electron chi connectivity index (χ1n) is 15.5. The molecule has 0 unspecified atom stereocenters. The number of nitrogens with one attached hydrogen (secondary N) is 2. The minimum atomic E-state index is -1.12. The molecule has 236 valence electrons. The van der Waals surface area contributed by atoms with E-state index in [2.05, 4.69) is 33.8 Å². The van der Waals surface area contributed by atoms with E-state index in [0.29, 0.717) is 55.1 Å². The predicted octanol–water partition coefficient (Wildman–Crippen LogP) is 5.45. The molecule has 10 nitrogen and oxygen atoms in total. The Labute approximate surface area is 264 Å². The topological polar surface area (TPSA) is 130 Å². The van der Waals surface area contributed by atoms with Crippen molar-refractivity contribution in [3.8, 4) is 22.5 Å². The summed E-state index contributed by atoms with van der Waals surface area (Å²) >= 11 is 0. The summed E-state index contributed by atoms with van der Waals surface area (Å²) in [5.74, 6) is 1.41. The third-order valence-electron chi connectivity index (χ3n) is 8.71. The van der Waals surface area contributed by atoms with Crippen LogP contribution in [0.4, 0.5) is 5.82 Å². The Bertz CT molecular complexity index is 1830. The molecular formula is C35H43N7O3. The van der Waals surface area contributed by atoms with E-state index in [0.717, 1.165) is 44.9 Å². The quantitative estimate of drug-likeness (QED) is 0.138. The normalized spacial score (nSPS) is 11.7. The summed E-state index contributed by atoms with van der Waals surface area (Å²) in [6.07, 6.45) is 5.21. The first kappa shape index (κ1) is 31.9. The van der Waals surface area contributed by atoms with Crippen LogP contribution < -0.4 is 10.6 Å². The first-order chi connectivity index (χ1) is 21.6. The van der Waals surface area contributed by atoms with Gasteiger partial charge in [-0.15, -0.1) is 0 Å². The molecule has 2 aromatic carbocycles. The summed E-state index contributed by atoms with van der Waals surface area (Å²) in [4.78, 5) is 22.6. The number of rotatable bonds is 12. The maximum Gasteiger partial charge on any atom is 0.251 e. The molecule has 0 aliphatic rings. The number of hydrogen-bond acceptors (Lipinski definition) is 7. The van der Waals surface area contributed by atoms with E-state index in [1.54, 1.807) is 10.7 Å². The van der Waals surface area contributed by atoms with Crippen molar-refractivity contribution in [2.45, 2.75) is 66.0 Å². The number of nitrogens with zero attached hydrogens (tertiary/aromatic N) is 5. The smallest absolute Gasteiger partial charge is 0.251 e. The molecular weight excluding hydrogens is 566 g/mol. The molecule has 0 aliphatic carbocycles. The number of imidazole rings is 1. The fraction of sp³-hybridized carbons (Fsp3) is 0.371. The maximum absolute atomic E-state index is 13.1. The Morgan fingerprint density at radius 3 is 2.51 bits per heavy atom. The zero-order valence-corrected chi connectivity index (χ0v) is 27.0. The molecule has 0 saturated heterocycles. The number of carbonyl (C=O) groups excluding carboxylic acids is 1. The van der Waals surface area contributed by atoms with Gasteiger partial charge in [0.2, 0.25) is 0 Å². The molecule has 0 bridgehead atoms. The second-order valence-electron chi connectivity index (χ2n) is 11.7. The van der Waals surface area contributed by atoms with Crippen molar-refractivity contribution in [1.29, 1.82) is 0 Å². The van der Waals surface area contributed by atoms with Crippen LogP contribution >= 0.6 is 0 Å². The van der Waals surface area contributed by atoms with Crippen molar-refractivity contribution < 1.29 is 15.0 Å². The molecule has 4 N–H and O–H groups in total. The van der Waals surface area contributed by atoms with Crippen molar-refractivity contribution in [1.82, 2.24) is 29.5 Å². The van der Waals surface area contributed by atoms with Gasteiger partial charge in [-0.1, -0.05) is 38.1 Å². The number of aryl methyl sites for hydroxylation is 3. The van der Waals surface area contributed by atoms with Gasteiger partial charge in [-0.05, 0) is 74.4 Å². The van der Waals surface area contributed by atoms with Crippen LogP contribution in [0.3, 0.4) is 0 Å². The Morgan fingerprint density at radius 2 is 1.82 bits per heavy atom. The van der Waals surface area contributed by atoms with E-state index in [1.165, 1.54) is 0 Å². The molecule has 5 rings (SSSR count). The van der Waals surface area contributed by atoms with Gasteiger partial charge < -0.3 is 25.4 Å². The van der Waals surface area contributed by atoms with Crippen LogP contribution in [0.15, 0.2) is 54.9 Å². The average molecular weight is 610 g/mol. The summed E-state index contributed by atoms with van der Waals surface area (Å²) < 4.78 is 3.78. The number of amides is 1. The SMILES string of the molecule is CCC(O)(CC)c1cc(NCc2cccc(-c3nccn3C)c2)n2nc(C)c(-c3cc(C)c(C)c(C(=O)NCCCO)c3)c2n1. The monoisotopic (exact) mass is 609 g/mol. The van der Waals surface area contributed by atoms with E-state index in [4.69, 9.17) is 15.2 Å². The van der Waals surface area contributed by atoms with Gasteiger partial charge in [0, 0.05) is 61.9 Å². The zero-order valence-electron chi connectivity index (χ0n) is 27.0. The van der Waals surface area contributed by atoms with Crippen LogP contribution in [0.5, 0.6) is 0 Å². The number of fused-ring (bicyclic) bond motifs is 1. The van der Waals surface area contributed by atoms with E-state index in [9.17, 15) is 9.90 Å². The van der Waals surface area contributed by atoms with Crippen LogP contribution in [0.25, 0.3) is 28.2 Å². The minimum absolute atomic E-state index is 0.0156. The number of carbonyl (C=O) groups is 1. The molecule has 1 amide bonds. The Kier molecular flexibility index (Phi) is 9.36. The van der Waals surface area contributed by atoms with Gasteiger partial charge in [0.25, 0.3) is 5.91 Å². The lowest BCUT2D eigenvalue weighted by atomic mass is 9.92. The van der Waals surface area contributed by atoms with Gasteiger partial charge in [-0.2, -0.15) is 9.61 Å². The second kappa shape index (κ2) is 13.2. The molecule has 0 fully saturated rings. The standard InChI is InChI=1S/C35H43N7O3/c1-7-35(45,8-2)29-20-30(38-21-25-11-9-12-26(18-25)32-36-14-15-41(32)6)42-33(39-29)31(24(5)40-42)27-17-22(3)23(4)28(19-27)34(44)37-13-10-16-43/h9,11-12,14-15,17-20,38,43,45H,7-8,10,13,16,21H2,1-6H3,(H,37,44). The van der Waals surface area contributed by atoms with Crippen LogP contribution in [-0.2, 0) is 19.2 Å². The van der Waals surface area contributed by atoms with Gasteiger partial charge in [-0.3, -0.25) is 4.79 Å². The number of aliphatic hydroxyl groups is 2. The largest absolute Gasteiger partial charge is 0.396 e. The summed E-state index contributed by atoms with van der Waals surface area (Å²) in [5.41, 5.74) is 6.96. The van der Waals surface area contributed by atoms with Crippen molar-refractivity contribution in [3.05, 3.63) is 88.5 Å². The van der Waals surface area contributed by atoms with Crippen molar-refractivity contribution in [2.75, 3.05) is 18.5 Å². The van der Waals surface area contributed by atoms with Crippen molar-refractivity contribution >= 4 is 17.4 Å². The Morgan fingerprint density at radius 1 is 1.04 bits per heavy atom. The molecule has 5 aromatic rings. The highest BCUT2D eigenvalue weighted by atomic mass is 16.3. The van der Waals surface area contributed by atoms with Crippen LogP contribution in [-0.4, -0.2) is 53.4 Å². The predicted molar refractivity (Wildman–Crippen MR) is 177 cm³/mol. The summed E-state index contributed by atoms with van der Waals surface area (Å²) in [6, 6.07) is 14.1. The lowest BCUT2D eigenvalue weighted by Gasteiger charge is -2.25. The molecule has 45 heavy (non-hydrogen) atoms. The number of anilines is 1. The van der Waals surface area contributed by atoms with Gasteiger partial charge in [-0.25, -0.2) is 9.97 Å². The molecule has 0 aliphatic heterocycles. The number of aliphatic hydroxyl groups excluding tert-OH is 1. The second-order valence-corrected chi connectivity index (χ2v) is 11.7. The molecule has 0 spiro atoms. The Hall–Kier alpha value is -4.54. The highest BCUT2D eigenvalue weighted by Gasteiger charge is 2.29. The van der Waals surface area contributed by atoms with Crippen molar-refractivity contribution in [2.24, 2.45) is 7.05 Å². The molecule has 0 saturated carbocycles. The number of hydrogen-bond donors (Lipinski definition) is 4. The van der Waals surface area contributed by atoms with E-state index in [1.807, 2.05) is 76.7 Å². The van der Waals surface area contributed by atoms with Gasteiger partial charge >= 0.3 is 0 Å². The van der Waals surface area contributed by atoms with E-state index in [-0.39, 0.29) is 12.5 Å². The molecule has 0 radical (unpaired) electrons. The molecule has 3 heterocycles. The summed E-state index contributed by atoms with van der Waals surface area (Å²) in [6.45, 7) is 10.7. The highest BCUT2D eigenvalue weighted by molar-refractivity contribution is 5.98. The van der Waals surface area contributed by atoms with Gasteiger partial charge in [0.05, 0.1) is 11.4 Å². The minimum Gasteiger partial charge on any atom is -0.396 e. The fourth-order valence-electron chi connectivity index (χ4n) is 5.71. The third-order valence-corrected chi connectivity index (χ3v) is 8.71. The molecule has 3 aromatic heterocycles. The van der Waals surface area contributed by atoms with E-state index >= 15 is 0 Å². The van der Waals surface area contributed by atoms with Crippen LogP contribution in [0.2, 0.25) is 0 Å². The van der Waals surface area contributed by atoms with Gasteiger partial charge in [0.15, 0.2) is 5.65 Å². The Balaban J connectivity index is 1.60.